The number of para-hydroxylation sites is 1. The van der Waals surface area contributed by atoms with Crippen LogP contribution in [0.1, 0.15) is 37.7 Å². The fourth-order valence-corrected chi connectivity index (χ4v) is 2.44. The molecule has 0 aromatic heterocycles. The second-order valence-corrected chi connectivity index (χ2v) is 4.83. The predicted octanol–water partition coefficient (Wildman–Crippen LogP) is 2.47. The van der Waals surface area contributed by atoms with Crippen molar-refractivity contribution in [3.05, 3.63) is 29.8 Å². The third-order valence-electron chi connectivity index (χ3n) is 3.48. The van der Waals surface area contributed by atoms with Gasteiger partial charge in [-0.2, -0.15) is 0 Å². The molecular formula is C14H20N2O. The number of anilines is 1. The molecule has 3 N–H and O–H groups in total. The van der Waals surface area contributed by atoms with Crippen molar-refractivity contribution in [2.75, 3.05) is 5.73 Å². The first-order chi connectivity index (χ1) is 8.25. The molecule has 0 spiro atoms. The van der Waals surface area contributed by atoms with Crippen LogP contribution >= 0.6 is 0 Å². The van der Waals surface area contributed by atoms with E-state index < -0.39 is 0 Å². The summed E-state index contributed by atoms with van der Waals surface area (Å²) in [5.41, 5.74) is 7.56. The Labute approximate surface area is 102 Å². The first-order valence-corrected chi connectivity index (χ1v) is 6.36. The molecule has 1 fully saturated rings. The number of nitrogens with one attached hydrogen (secondary N) is 1. The smallest absolute Gasteiger partial charge is 0.220 e. The van der Waals surface area contributed by atoms with Crippen LogP contribution in [0.3, 0.4) is 0 Å². The van der Waals surface area contributed by atoms with E-state index in [1.165, 1.54) is 25.7 Å². The fourth-order valence-electron chi connectivity index (χ4n) is 2.44. The Morgan fingerprint density at radius 3 is 2.71 bits per heavy atom. The van der Waals surface area contributed by atoms with Crippen molar-refractivity contribution in [1.82, 2.24) is 5.32 Å². The summed E-state index contributed by atoms with van der Waals surface area (Å²) in [6.45, 7) is 0.540. The van der Waals surface area contributed by atoms with Crippen LogP contribution < -0.4 is 11.1 Å². The van der Waals surface area contributed by atoms with E-state index in [0.29, 0.717) is 18.9 Å². The van der Waals surface area contributed by atoms with Gasteiger partial charge in [-0.15, -0.1) is 0 Å². The zero-order valence-electron chi connectivity index (χ0n) is 10.1. The maximum absolute atomic E-state index is 11.7. The molecular weight excluding hydrogens is 212 g/mol. The Kier molecular flexibility index (Phi) is 4.02. The average Bonchev–Trinajstić information content (AvgIpc) is 2.81. The minimum atomic E-state index is 0.153. The molecule has 1 amide bonds. The number of amides is 1. The molecule has 0 bridgehead atoms. The van der Waals surface area contributed by atoms with E-state index in [9.17, 15) is 4.79 Å². The summed E-state index contributed by atoms with van der Waals surface area (Å²) in [6, 6.07) is 7.65. The largest absolute Gasteiger partial charge is 0.398 e. The quantitative estimate of drug-likeness (QED) is 0.783. The monoisotopic (exact) mass is 232 g/mol. The highest BCUT2D eigenvalue weighted by Gasteiger charge is 2.18. The van der Waals surface area contributed by atoms with Crippen LogP contribution in [-0.2, 0) is 11.3 Å². The van der Waals surface area contributed by atoms with Gasteiger partial charge in [0.2, 0.25) is 5.91 Å². The lowest BCUT2D eigenvalue weighted by Crippen LogP contribution is -2.24. The van der Waals surface area contributed by atoms with Gasteiger partial charge >= 0.3 is 0 Å². The zero-order chi connectivity index (χ0) is 12.1. The molecule has 1 saturated carbocycles. The molecule has 1 aromatic rings. The maximum atomic E-state index is 11.7. The summed E-state index contributed by atoms with van der Waals surface area (Å²) in [5.74, 6) is 0.753. The summed E-state index contributed by atoms with van der Waals surface area (Å²) < 4.78 is 0. The van der Waals surface area contributed by atoms with Crippen LogP contribution in [0, 0.1) is 5.92 Å². The molecule has 2 rings (SSSR count). The second kappa shape index (κ2) is 5.71. The van der Waals surface area contributed by atoms with Gasteiger partial charge in [0.25, 0.3) is 0 Å². The minimum absolute atomic E-state index is 0.153. The zero-order valence-corrected chi connectivity index (χ0v) is 10.1. The SMILES string of the molecule is Nc1ccccc1CNC(=O)CC1CCCC1. The Morgan fingerprint density at radius 2 is 2.00 bits per heavy atom. The molecule has 17 heavy (non-hydrogen) atoms. The topological polar surface area (TPSA) is 55.1 Å². The van der Waals surface area contributed by atoms with Crippen molar-refractivity contribution in [3.8, 4) is 0 Å². The van der Waals surface area contributed by atoms with Gasteiger partial charge in [-0.1, -0.05) is 31.0 Å². The molecule has 1 aliphatic carbocycles. The van der Waals surface area contributed by atoms with Gasteiger partial charge in [-0.3, -0.25) is 4.79 Å². The molecule has 3 heteroatoms. The predicted molar refractivity (Wildman–Crippen MR) is 69.3 cm³/mol. The molecule has 0 aliphatic heterocycles. The van der Waals surface area contributed by atoms with Crippen molar-refractivity contribution >= 4 is 11.6 Å². The van der Waals surface area contributed by atoms with Crippen molar-refractivity contribution in [2.45, 2.75) is 38.6 Å². The normalized spacial score (nSPS) is 16.0. The molecule has 0 atom stereocenters. The molecule has 1 aliphatic rings. The van der Waals surface area contributed by atoms with E-state index in [2.05, 4.69) is 5.32 Å². The average molecular weight is 232 g/mol. The van der Waals surface area contributed by atoms with Crippen LogP contribution in [0.4, 0.5) is 5.69 Å². The number of hydrogen-bond donors (Lipinski definition) is 2. The van der Waals surface area contributed by atoms with Gasteiger partial charge in [0, 0.05) is 18.7 Å². The van der Waals surface area contributed by atoms with Gasteiger partial charge in [-0.05, 0) is 30.4 Å². The number of carbonyl (C=O) groups is 1. The van der Waals surface area contributed by atoms with Crippen LogP contribution in [0.2, 0.25) is 0 Å². The van der Waals surface area contributed by atoms with Crippen molar-refractivity contribution < 1.29 is 4.79 Å². The lowest BCUT2D eigenvalue weighted by molar-refractivity contribution is -0.122. The first-order valence-electron chi connectivity index (χ1n) is 6.36. The van der Waals surface area contributed by atoms with Crippen molar-refractivity contribution in [2.24, 2.45) is 5.92 Å². The van der Waals surface area contributed by atoms with Crippen LogP contribution in [0.15, 0.2) is 24.3 Å². The van der Waals surface area contributed by atoms with Crippen LogP contribution in [-0.4, -0.2) is 5.91 Å². The molecule has 0 saturated heterocycles. The Bertz CT molecular complexity index is 384. The third kappa shape index (κ3) is 3.48. The molecule has 0 radical (unpaired) electrons. The summed E-state index contributed by atoms with van der Waals surface area (Å²) in [7, 11) is 0. The van der Waals surface area contributed by atoms with E-state index >= 15 is 0 Å². The van der Waals surface area contributed by atoms with Crippen LogP contribution in [0.25, 0.3) is 0 Å². The van der Waals surface area contributed by atoms with Gasteiger partial charge in [0.05, 0.1) is 0 Å². The highest BCUT2D eigenvalue weighted by molar-refractivity contribution is 5.76. The van der Waals surface area contributed by atoms with E-state index in [1.807, 2.05) is 24.3 Å². The number of nitrogen functional groups attached to an aromatic ring is 1. The van der Waals surface area contributed by atoms with Gasteiger partial charge in [0.15, 0.2) is 0 Å². The minimum Gasteiger partial charge on any atom is -0.398 e. The molecule has 3 nitrogen and oxygen atoms in total. The van der Waals surface area contributed by atoms with Gasteiger partial charge in [-0.25, -0.2) is 0 Å². The Morgan fingerprint density at radius 1 is 1.29 bits per heavy atom. The highest BCUT2D eigenvalue weighted by Crippen LogP contribution is 2.27. The number of carbonyl (C=O) groups excluding carboxylic acids is 1. The molecule has 92 valence electrons. The van der Waals surface area contributed by atoms with E-state index in [-0.39, 0.29) is 5.91 Å². The van der Waals surface area contributed by atoms with Gasteiger partial charge < -0.3 is 11.1 Å². The standard InChI is InChI=1S/C14H20N2O/c15-13-8-4-3-7-12(13)10-16-14(17)9-11-5-1-2-6-11/h3-4,7-8,11H,1-2,5-6,9-10,15H2,(H,16,17). The first kappa shape index (κ1) is 12.0. The number of rotatable bonds is 4. The number of benzene rings is 1. The molecule has 1 aromatic carbocycles. The van der Waals surface area contributed by atoms with Crippen molar-refractivity contribution in [3.63, 3.8) is 0 Å². The van der Waals surface area contributed by atoms with Crippen LogP contribution in [0.5, 0.6) is 0 Å². The second-order valence-electron chi connectivity index (χ2n) is 4.83. The van der Waals surface area contributed by atoms with E-state index in [1.54, 1.807) is 0 Å². The highest BCUT2D eigenvalue weighted by atomic mass is 16.1. The number of nitrogens with two attached hydrogens (primary N) is 1. The van der Waals surface area contributed by atoms with Crippen molar-refractivity contribution in [1.29, 1.82) is 0 Å². The van der Waals surface area contributed by atoms with E-state index in [0.717, 1.165) is 11.3 Å². The Balaban J connectivity index is 1.77. The lowest BCUT2D eigenvalue weighted by atomic mass is 10.0. The number of hydrogen-bond acceptors (Lipinski definition) is 2. The summed E-state index contributed by atoms with van der Waals surface area (Å²) >= 11 is 0. The summed E-state index contributed by atoms with van der Waals surface area (Å²) in [4.78, 5) is 11.7. The lowest BCUT2D eigenvalue weighted by Gasteiger charge is -2.10. The maximum Gasteiger partial charge on any atom is 0.220 e. The third-order valence-corrected chi connectivity index (χ3v) is 3.48. The fraction of sp³-hybridized carbons (Fsp3) is 0.500. The summed E-state index contributed by atoms with van der Waals surface area (Å²) in [6.07, 6.45) is 5.65. The summed E-state index contributed by atoms with van der Waals surface area (Å²) in [5, 5.41) is 2.95. The van der Waals surface area contributed by atoms with Gasteiger partial charge in [0.1, 0.15) is 0 Å². The molecule has 0 unspecified atom stereocenters. The molecule has 0 heterocycles. The van der Waals surface area contributed by atoms with E-state index in [4.69, 9.17) is 5.73 Å². The Hall–Kier alpha value is -1.51.